The van der Waals surface area contributed by atoms with Crippen molar-refractivity contribution < 1.29 is 19.0 Å². The fourth-order valence-electron chi connectivity index (χ4n) is 2.30. The number of carboxylic acids is 1. The van der Waals surface area contributed by atoms with Gasteiger partial charge in [-0.15, -0.1) is 0 Å². The van der Waals surface area contributed by atoms with Crippen LogP contribution in [0.2, 0.25) is 5.02 Å². The maximum atomic E-state index is 14.0. The molecule has 1 unspecified atom stereocenters. The molecule has 19 heavy (non-hydrogen) atoms. The molecule has 1 atom stereocenters. The molecule has 0 radical (unpaired) electrons. The van der Waals surface area contributed by atoms with E-state index in [2.05, 4.69) is 0 Å². The molecule has 4 nitrogen and oxygen atoms in total. The van der Waals surface area contributed by atoms with Crippen molar-refractivity contribution in [3.63, 3.8) is 0 Å². The van der Waals surface area contributed by atoms with Gasteiger partial charge in [0.1, 0.15) is 5.82 Å². The lowest BCUT2D eigenvalue weighted by Gasteiger charge is -2.34. The van der Waals surface area contributed by atoms with Crippen LogP contribution >= 0.6 is 11.6 Å². The Balaban J connectivity index is 2.33. The number of morpholine rings is 1. The zero-order chi connectivity index (χ0) is 13.8. The smallest absolute Gasteiger partial charge is 0.305 e. The van der Waals surface area contributed by atoms with Crippen LogP contribution in [-0.2, 0) is 9.53 Å². The van der Waals surface area contributed by atoms with Gasteiger partial charge in [0.15, 0.2) is 0 Å². The molecule has 2 rings (SSSR count). The van der Waals surface area contributed by atoms with Crippen LogP contribution in [0.1, 0.15) is 18.0 Å². The predicted molar refractivity (Wildman–Crippen MR) is 68.8 cm³/mol. The number of hydrogen-bond acceptors (Lipinski definition) is 3. The fraction of sp³-hybridized carbons (Fsp3) is 0.462. The lowest BCUT2D eigenvalue weighted by Crippen LogP contribution is -2.40. The number of benzene rings is 1. The molecule has 1 aromatic carbocycles. The molecule has 1 aliphatic heterocycles. The Hall–Kier alpha value is -1.17. The van der Waals surface area contributed by atoms with Crippen LogP contribution in [0, 0.1) is 5.82 Å². The van der Waals surface area contributed by atoms with Gasteiger partial charge in [0, 0.05) is 29.7 Å². The minimum atomic E-state index is -0.976. The summed E-state index contributed by atoms with van der Waals surface area (Å²) in [7, 11) is 0. The first-order chi connectivity index (χ1) is 9.09. The molecule has 6 heteroatoms. The molecule has 1 aromatic rings. The second-order valence-electron chi connectivity index (χ2n) is 4.40. The van der Waals surface area contributed by atoms with Crippen LogP contribution in [0.3, 0.4) is 0 Å². The molecular formula is C13H15ClFNO3. The Bertz CT molecular complexity index is 443. The SMILES string of the molecule is O=C(O)CC(c1c(F)cccc1Cl)N1CCOCC1. The number of carbonyl (C=O) groups is 1. The molecule has 0 aromatic heterocycles. The lowest BCUT2D eigenvalue weighted by atomic mass is 10.0. The zero-order valence-electron chi connectivity index (χ0n) is 10.3. The number of hydrogen-bond donors (Lipinski definition) is 1. The number of carboxylic acid groups (broad SMARTS) is 1. The number of ether oxygens (including phenoxy) is 1. The van der Waals surface area contributed by atoms with E-state index in [0.717, 1.165) is 0 Å². The monoisotopic (exact) mass is 287 g/mol. The Kier molecular flexibility index (Phi) is 4.74. The lowest BCUT2D eigenvalue weighted by molar-refractivity contribution is -0.139. The first-order valence-corrected chi connectivity index (χ1v) is 6.45. The molecule has 0 saturated carbocycles. The Morgan fingerprint density at radius 2 is 2.16 bits per heavy atom. The highest BCUT2D eigenvalue weighted by atomic mass is 35.5. The molecular weight excluding hydrogens is 273 g/mol. The molecule has 0 spiro atoms. The minimum Gasteiger partial charge on any atom is -0.481 e. The van der Waals surface area contributed by atoms with E-state index in [-0.39, 0.29) is 17.0 Å². The molecule has 0 aliphatic carbocycles. The maximum Gasteiger partial charge on any atom is 0.305 e. The van der Waals surface area contributed by atoms with Crippen molar-refractivity contribution >= 4 is 17.6 Å². The van der Waals surface area contributed by atoms with Crippen LogP contribution < -0.4 is 0 Å². The average Bonchev–Trinajstić information content (AvgIpc) is 2.38. The van der Waals surface area contributed by atoms with Gasteiger partial charge in [-0.3, -0.25) is 9.69 Å². The van der Waals surface area contributed by atoms with E-state index in [1.807, 2.05) is 4.90 Å². The van der Waals surface area contributed by atoms with E-state index in [0.29, 0.717) is 26.3 Å². The normalized spacial score (nSPS) is 18.2. The van der Waals surface area contributed by atoms with E-state index >= 15 is 0 Å². The van der Waals surface area contributed by atoms with Crippen molar-refractivity contribution in [3.8, 4) is 0 Å². The zero-order valence-corrected chi connectivity index (χ0v) is 11.1. The highest BCUT2D eigenvalue weighted by Crippen LogP contribution is 2.32. The summed E-state index contributed by atoms with van der Waals surface area (Å²) in [6, 6.07) is 3.83. The van der Waals surface area contributed by atoms with Crippen LogP contribution in [0.4, 0.5) is 4.39 Å². The molecule has 104 valence electrons. The molecule has 1 aliphatic rings. The Labute approximate surface area is 115 Å². The van der Waals surface area contributed by atoms with Crippen molar-refractivity contribution in [2.45, 2.75) is 12.5 Å². The van der Waals surface area contributed by atoms with E-state index in [1.54, 1.807) is 6.07 Å². The van der Waals surface area contributed by atoms with Gasteiger partial charge in [-0.2, -0.15) is 0 Å². The van der Waals surface area contributed by atoms with Gasteiger partial charge in [-0.05, 0) is 12.1 Å². The minimum absolute atomic E-state index is 0.180. The van der Waals surface area contributed by atoms with E-state index in [9.17, 15) is 9.18 Å². The fourth-order valence-corrected chi connectivity index (χ4v) is 2.59. The summed E-state index contributed by atoms with van der Waals surface area (Å²) in [5, 5.41) is 9.30. The van der Waals surface area contributed by atoms with E-state index in [4.69, 9.17) is 21.4 Å². The summed E-state index contributed by atoms with van der Waals surface area (Å²) in [5.74, 6) is -1.44. The second-order valence-corrected chi connectivity index (χ2v) is 4.80. The first-order valence-electron chi connectivity index (χ1n) is 6.07. The van der Waals surface area contributed by atoms with Crippen molar-refractivity contribution in [3.05, 3.63) is 34.6 Å². The van der Waals surface area contributed by atoms with Gasteiger partial charge in [-0.25, -0.2) is 4.39 Å². The summed E-state index contributed by atoms with van der Waals surface area (Å²) in [5.41, 5.74) is 0.258. The van der Waals surface area contributed by atoms with Crippen LogP contribution in [-0.4, -0.2) is 42.3 Å². The number of rotatable bonds is 4. The van der Waals surface area contributed by atoms with Crippen molar-refractivity contribution in [1.29, 1.82) is 0 Å². The van der Waals surface area contributed by atoms with Crippen molar-refractivity contribution in [1.82, 2.24) is 4.90 Å². The quantitative estimate of drug-likeness (QED) is 0.923. The van der Waals surface area contributed by atoms with Gasteiger partial charge in [-0.1, -0.05) is 17.7 Å². The highest BCUT2D eigenvalue weighted by molar-refractivity contribution is 6.31. The Morgan fingerprint density at radius 3 is 2.74 bits per heavy atom. The van der Waals surface area contributed by atoms with Crippen LogP contribution in [0.25, 0.3) is 0 Å². The molecule has 1 saturated heterocycles. The third-order valence-corrected chi connectivity index (χ3v) is 3.52. The van der Waals surface area contributed by atoms with Gasteiger partial charge < -0.3 is 9.84 Å². The van der Waals surface area contributed by atoms with Gasteiger partial charge in [0.25, 0.3) is 0 Å². The van der Waals surface area contributed by atoms with E-state index < -0.39 is 17.8 Å². The molecule has 1 N–H and O–H groups in total. The highest BCUT2D eigenvalue weighted by Gasteiger charge is 2.28. The largest absolute Gasteiger partial charge is 0.481 e. The standard InChI is InChI=1S/C13H15ClFNO3/c14-9-2-1-3-10(15)13(9)11(8-12(17)18)16-4-6-19-7-5-16/h1-3,11H,4-8H2,(H,17,18). The molecule has 0 amide bonds. The summed E-state index contributed by atoms with van der Waals surface area (Å²) in [4.78, 5) is 12.9. The molecule has 1 fully saturated rings. The third kappa shape index (κ3) is 3.43. The third-order valence-electron chi connectivity index (χ3n) is 3.19. The number of nitrogens with zero attached hydrogens (tertiary/aromatic N) is 1. The topological polar surface area (TPSA) is 49.8 Å². The maximum absolute atomic E-state index is 14.0. The number of halogens is 2. The van der Waals surface area contributed by atoms with Crippen molar-refractivity contribution in [2.24, 2.45) is 0 Å². The van der Waals surface area contributed by atoms with E-state index in [1.165, 1.54) is 12.1 Å². The predicted octanol–water partition coefficient (Wildman–Crippen LogP) is 2.33. The summed E-state index contributed by atoms with van der Waals surface area (Å²) in [6.45, 7) is 2.18. The van der Waals surface area contributed by atoms with Crippen LogP contribution in [0.5, 0.6) is 0 Å². The van der Waals surface area contributed by atoms with Gasteiger partial charge in [0.05, 0.1) is 19.6 Å². The summed E-state index contributed by atoms with van der Waals surface area (Å²) in [6.07, 6.45) is -0.180. The Morgan fingerprint density at radius 1 is 1.47 bits per heavy atom. The molecule has 0 bridgehead atoms. The average molecular weight is 288 g/mol. The summed E-state index contributed by atoms with van der Waals surface area (Å²) >= 11 is 6.04. The van der Waals surface area contributed by atoms with Crippen molar-refractivity contribution in [2.75, 3.05) is 26.3 Å². The number of aliphatic carboxylic acids is 1. The first kappa shape index (κ1) is 14.2. The second kappa shape index (κ2) is 6.32. The van der Waals surface area contributed by atoms with Gasteiger partial charge >= 0.3 is 5.97 Å². The van der Waals surface area contributed by atoms with Crippen LogP contribution in [0.15, 0.2) is 18.2 Å². The van der Waals surface area contributed by atoms with Gasteiger partial charge in [0.2, 0.25) is 0 Å². The molecule has 1 heterocycles. The summed E-state index contributed by atoms with van der Waals surface area (Å²) < 4.78 is 19.2.